The summed E-state index contributed by atoms with van der Waals surface area (Å²) in [6.07, 6.45) is -0.410. The molecule has 0 aliphatic carbocycles. The maximum Gasteiger partial charge on any atom is 0.337 e. The number of nitrogens with zero attached hydrogens (tertiary/aromatic N) is 4. The second-order valence-corrected chi connectivity index (χ2v) is 8.46. The average Bonchev–Trinajstić information content (AvgIpc) is 3.36. The zero-order chi connectivity index (χ0) is 25.6. The molecule has 0 saturated carbocycles. The van der Waals surface area contributed by atoms with E-state index in [4.69, 9.17) is 0 Å². The Bertz CT molecular complexity index is 1600. The van der Waals surface area contributed by atoms with Crippen LogP contribution in [0.25, 0.3) is 16.7 Å². The number of hydrogen-bond donors (Lipinski definition) is 1. The predicted octanol–water partition coefficient (Wildman–Crippen LogP) is 2.47. The molecule has 8 nitrogen and oxygen atoms in total. The fourth-order valence-corrected chi connectivity index (χ4v) is 4.47. The molecular formula is C25H19F3N4O4. The van der Waals surface area contributed by atoms with Crippen molar-refractivity contribution in [1.29, 1.82) is 0 Å². The SMILES string of the molecule is O=C([C@H](O)c1ccccc1)N1CC[C@H](n2c(=O)c3cc(F)cnc3n(-c3ccc(F)c(F)c3)c2=O)C1. The summed E-state index contributed by atoms with van der Waals surface area (Å²) in [6.45, 7) is 0.0911. The minimum absolute atomic E-state index is 0.0656. The van der Waals surface area contributed by atoms with Gasteiger partial charge in [-0.15, -0.1) is 0 Å². The molecule has 1 fully saturated rings. The molecule has 11 heteroatoms. The normalized spacial score (nSPS) is 16.4. The first kappa shape index (κ1) is 23.5. The number of carbonyl (C=O) groups excluding carboxylic acids is 1. The highest BCUT2D eigenvalue weighted by Gasteiger charge is 2.34. The van der Waals surface area contributed by atoms with Gasteiger partial charge in [-0.1, -0.05) is 30.3 Å². The molecule has 3 heterocycles. The summed E-state index contributed by atoms with van der Waals surface area (Å²) >= 11 is 0. The zero-order valence-electron chi connectivity index (χ0n) is 18.6. The van der Waals surface area contributed by atoms with E-state index in [1.54, 1.807) is 30.3 Å². The van der Waals surface area contributed by atoms with Crippen molar-refractivity contribution in [2.75, 3.05) is 13.1 Å². The lowest BCUT2D eigenvalue weighted by molar-refractivity contribution is -0.139. The van der Waals surface area contributed by atoms with Gasteiger partial charge in [-0.05, 0) is 30.2 Å². The van der Waals surface area contributed by atoms with E-state index < -0.39 is 46.8 Å². The van der Waals surface area contributed by atoms with Gasteiger partial charge in [-0.3, -0.25) is 14.2 Å². The topological polar surface area (TPSA) is 97.4 Å². The summed E-state index contributed by atoms with van der Waals surface area (Å²) in [6, 6.07) is 11.2. The van der Waals surface area contributed by atoms with Gasteiger partial charge in [-0.25, -0.2) is 27.5 Å². The van der Waals surface area contributed by atoms with E-state index >= 15 is 0 Å². The molecule has 1 saturated heterocycles. The lowest BCUT2D eigenvalue weighted by Gasteiger charge is -2.21. The number of hydrogen-bond acceptors (Lipinski definition) is 5. The van der Waals surface area contributed by atoms with Gasteiger partial charge in [-0.2, -0.15) is 0 Å². The van der Waals surface area contributed by atoms with Crippen molar-refractivity contribution in [3.63, 3.8) is 0 Å². The number of aliphatic hydroxyl groups is 1. The number of aromatic nitrogens is 3. The van der Waals surface area contributed by atoms with Crippen molar-refractivity contribution < 1.29 is 23.1 Å². The Morgan fingerprint density at radius 3 is 2.50 bits per heavy atom. The maximum absolute atomic E-state index is 14.0. The molecule has 0 radical (unpaired) electrons. The molecule has 5 rings (SSSR count). The zero-order valence-corrected chi connectivity index (χ0v) is 18.6. The highest BCUT2D eigenvalue weighted by Crippen LogP contribution is 2.25. The summed E-state index contributed by atoms with van der Waals surface area (Å²) in [5.74, 6) is -3.77. The van der Waals surface area contributed by atoms with Crippen LogP contribution in [0.15, 0.2) is 70.4 Å². The Kier molecular flexibility index (Phi) is 5.92. The van der Waals surface area contributed by atoms with Crippen LogP contribution in [-0.4, -0.2) is 43.1 Å². The predicted molar refractivity (Wildman–Crippen MR) is 123 cm³/mol. The minimum atomic E-state index is -1.42. The van der Waals surface area contributed by atoms with Crippen LogP contribution in [-0.2, 0) is 4.79 Å². The van der Waals surface area contributed by atoms with E-state index in [-0.39, 0.29) is 36.2 Å². The van der Waals surface area contributed by atoms with E-state index in [0.29, 0.717) is 5.56 Å². The summed E-state index contributed by atoms with van der Waals surface area (Å²) in [4.78, 5) is 44.9. The van der Waals surface area contributed by atoms with E-state index in [0.717, 1.165) is 39.6 Å². The van der Waals surface area contributed by atoms with Crippen LogP contribution in [0.5, 0.6) is 0 Å². The Labute approximate surface area is 201 Å². The molecule has 0 unspecified atom stereocenters. The van der Waals surface area contributed by atoms with Crippen molar-refractivity contribution in [3.8, 4) is 5.69 Å². The van der Waals surface area contributed by atoms with Gasteiger partial charge < -0.3 is 10.0 Å². The third-order valence-electron chi connectivity index (χ3n) is 6.24. The average molecular weight is 496 g/mol. The maximum atomic E-state index is 14.0. The number of aliphatic hydroxyl groups excluding tert-OH is 1. The van der Waals surface area contributed by atoms with Gasteiger partial charge in [0.1, 0.15) is 5.82 Å². The number of fused-ring (bicyclic) bond motifs is 1. The molecule has 184 valence electrons. The first-order valence-electron chi connectivity index (χ1n) is 11.1. The second kappa shape index (κ2) is 9.08. The molecule has 4 aromatic rings. The summed E-state index contributed by atoms with van der Waals surface area (Å²) in [5, 5.41) is 10.2. The van der Waals surface area contributed by atoms with Crippen LogP contribution in [0.1, 0.15) is 24.1 Å². The molecule has 1 aliphatic heterocycles. The van der Waals surface area contributed by atoms with E-state index in [9.17, 15) is 32.7 Å². The highest BCUT2D eigenvalue weighted by molar-refractivity contribution is 5.82. The van der Waals surface area contributed by atoms with Crippen LogP contribution >= 0.6 is 0 Å². The number of likely N-dealkylation sites (tertiary alicyclic amines) is 1. The van der Waals surface area contributed by atoms with Crippen molar-refractivity contribution >= 4 is 16.9 Å². The molecule has 0 bridgehead atoms. The van der Waals surface area contributed by atoms with Gasteiger partial charge >= 0.3 is 5.69 Å². The van der Waals surface area contributed by atoms with Gasteiger partial charge in [0.05, 0.1) is 23.3 Å². The van der Waals surface area contributed by atoms with Crippen LogP contribution in [0.3, 0.4) is 0 Å². The molecule has 2 aromatic carbocycles. The number of amides is 1. The largest absolute Gasteiger partial charge is 0.378 e. The second-order valence-electron chi connectivity index (χ2n) is 8.46. The fourth-order valence-electron chi connectivity index (χ4n) is 4.47. The summed E-state index contributed by atoms with van der Waals surface area (Å²) < 4.78 is 43.3. The number of rotatable bonds is 4. The number of carbonyl (C=O) groups is 1. The van der Waals surface area contributed by atoms with Gasteiger partial charge in [0.15, 0.2) is 23.4 Å². The van der Waals surface area contributed by atoms with Crippen molar-refractivity contribution in [2.45, 2.75) is 18.6 Å². The number of halogens is 3. The molecule has 1 N–H and O–H groups in total. The summed E-state index contributed by atoms with van der Waals surface area (Å²) in [5.41, 5.74) is -1.67. The molecule has 2 atom stereocenters. The quantitative estimate of drug-likeness (QED) is 0.468. The lowest BCUT2D eigenvalue weighted by atomic mass is 10.1. The Hall–Kier alpha value is -4.25. The monoisotopic (exact) mass is 496 g/mol. The van der Waals surface area contributed by atoms with Crippen molar-refractivity contribution in [1.82, 2.24) is 19.0 Å². The molecule has 1 aliphatic rings. The van der Waals surface area contributed by atoms with Crippen LogP contribution in [0.4, 0.5) is 13.2 Å². The van der Waals surface area contributed by atoms with Crippen molar-refractivity contribution in [3.05, 3.63) is 105 Å². The van der Waals surface area contributed by atoms with Crippen LogP contribution in [0.2, 0.25) is 0 Å². The van der Waals surface area contributed by atoms with Crippen LogP contribution < -0.4 is 11.2 Å². The van der Waals surface area contributed by atoms with Gasteiger partial charge in [0.25, 0.3) is 11.5 Å². The first-order valence-corrected chi connectivity index (χ1v) is 11.1. The first-order chi connectivity index (χ1) is 17.3. The smallest absolute Gasteiger partial charge is 0.337 e. The molecule has 1 amide bonds. The van der Waals surface area contributed by atoms with Crippen LogP contribution in [0, 0.1) is 17.5 Å². The Balaban J connectivity index is 1.59. The molecule has 2 aromatic heterocycles. The standard InChI is InChI=1S/C25H19F3N4O4/c26-15-10-18-22(29-12-15)31(16-6-7-19(27)20(28)11-16)25(36)32(23(18)34)17-8-9-30(13-17)24(35)21(33)14-4-2-1-3-5-14/h1-7,10-12,17,21,33H,8-9,13H2/t17-,21+/m0/s1. The molecule has 36 heavy (non-hydrogen) atoms. The lowest BCUT2D eigenvalue weighted by Crippen LogP contribution is -2.43. The number of benzene rings is 2. The van der Waals surface area contributed by atoms with E-state index in [1.165, 1.54) is 4.90 Å². The summed E-state index contributed by atoms with van der Waals surface area (Å²) in [7, 11) is 0. The third kappa shape index (κ3) is 3.97. The highest BCUT2D eigenvalue weighted by atomic mass is 19.2. The Morgan fingerprint density at radius 1 is 1.03 bits per heavy atom. The fraction of sp³-hybridized carbons (Fsp3) is 0.200. The molecule has 0 spiro atoms. The molecular weight excluding hydrogens is 477 g/mol. The minimum Gasteiger partial charge on any atom is -0.378 e. The van der Waals surface area contributed by atoms with Gasteiger partial charge in [0, 0.05) is 19.2 Å². The third-order valence-corrected chi connectivity index (χ3v) is 6.24. The van der Waals surface area contributed by atoms with Crippen molar-refractivity contribution in [2.24, 2.45) is 0 Å². The van der Waals surface area contributed by atoms with Gasteiger partial charge in [0.2, 0.25) is 0 Å². The Morgan fingerprint density at radius 2 is 1.78 bits per heavy atom. The number of pyridine rings is 1. The van der Waals surface area contributed by atoms with E-state index in [2.05, 4.69) is 4.98 Å². The van der Waals surface area contributed by atoms with E-state index in [1.807, 2.05) is 0 Å².